The number of halogens is 2. The van der Waals surface area contributed by atoms with Crippen molar-refractivity contribution >= 4 is 17.4 Å². The summed E-state index contributed by atoms with van der Waals surface area (Å²) in [6.45, 7) is 2.35. The standard InChI is InChI=1S/C21H23F2N5O2/c1-2-14(12-29)25-21(30)16-11-24-28-9-7-19(26-20(16)28)27-8-3-4-18(27)15-10-13(22)5-6-17(15)23/h5-7,9-11,14,18,29H,2-4,8,12H2,1H3,(H,25,30)/t14?,18-/m1/s1. The highest BCUT2D eigenvalue weighted by atomic mass is 19.1. The molecule has 3 aromatic rings. The summed E-state index contributed by atoms with van der Waals surface area (Å²) in [5, 5.41) is 16.3. The Hall–Kier alpha value is -3.07. The summed E-state index contributed by atoms with van der Waals surface area (Å²) < 4.78 is 29.6. The predicted molar refractivity (Wildman–Crippen MR) is 107 cm³/mol. The van der Waals surface area contributed by atoms with Gasteiger partial charge in [-0.1, -0.05) is 6.92 Å². The van der Waals surface area contributed by atoms with Crippen molar-refractivity contribution in [2.45, 2.75) is 38.3 Å². The Labute approximate surface area is 172 Å². The number of carbonyl (C=O) groups is 1. The number of nitrogens with one attached hydrogen (secondary N) is 1. The first-order valence-corrected chi connectivity index (χ1v) is 9.99. The second kappa shape index (κ2) is 8.35. The van der Waals surface area contributed by atoms with Crippen molar-refractivity contribution in [3.63, 3.8) is 0 Å². The molecule has 0 radical (unpaired) electrons. The number of fused-ring (bicyclic) bond motifs is 1. The Morgan fingerprint density at radius 2 is 2.20 bits per heavy atom. The molecular weight excluding hydrogens is 392 g/mol. The lowest BCUT2D eigenvalue weighted by Crippen LogP contribution is -2.36. The minimum atomic E-state index is -0.481. The maximum absolute atomic E-state index is 14.4. The van der Waals surface area contributed by atoms with Crippen LogP contribution in [-0.4, -0.2) is 44.8 Å². The van der Waals surface area contributed by atoms with Crippen molar-refractivity contribution in [3.8, 4) is 0 Å². The molecule has 2 N–H and O–H groups in total. The van der Waals surface area contributed by atoms with E-state index in [1.165, 1.54) is 16.8 Å². The van der Waals surface area contributed by atoms with Crippen molar-refractivity contribution < 1.29 is 18.7 Å². The first-order chi connectivity index (χ1) is 14.5. The summed E-state index contributed by atoms with van der Waals surface area (Å²) in [5.41, 5.74) is 0.953. The van der Waals surface area contributed by atoms with Crippen LogP contribution < -0.4 is 10.2 Å². The third kappa shape index (κ3) is 3.72. The fourth-order valence-corrected chi connectivity index (χ4v) is 3.85. The van der Waals surface area contributed by atoms with Gasteiger partial charge in [0.1, 0.15) is 23.0 Å². The van der Waals surface area contributed by atoms with E-state index in [0.29, 0.717) is 36.4 Å². The van der Waals surface area contributed by atoms with Crippen molar-refractivity contribution in [1.29, 1.82) is 0 Å². The predicted octanol–water partition coefficient (Wildman–Crippen LogP) is 2.85. The number of amides is 1. The third-order valence-electron chi connectivity index (χ3n) is 5.51. The molecule has 4 rings (SSSR count). The molecule has 2 atom stereocenters. The molecule has 1 unspecified atom stereocenters. The number of aromatic nitrogens is 3. The number of aliphatic hydroxyl groups is 1. The third-order valence-corrected chi connectivity index (χ3v) is 5.51. The SMILES string of the molecule is CCC(CO)NC(=O)c1cnn2ccc(N3CCC[C@@H]3c3cc(F)ccc3F)nc12. The van der Waals surface area contributed by atoms with Gasteiger partial charge in [-0.2, -0.15) is 5.10 Å². The number of aliphatic hydroxyl groups excluding tert-OH is 1. The molecule has 0 spiro atoms. The van der Waals surface area contributed by atoms with E-state index in [9.17, 15) is 18.7 Å². The molecule has 1 saturated heterocycles. The van der Waals surface area contributed by atoms with Gasteiger partial charge >= 0.3 is 0 Å². The van der Waals surface area contributed by atoms with Gasteiger partial charge in [-0.15, -0.1) is 0 Å². The molecule has 2 aromatic heterocycles. The molecule has 7 nitrogen and oxygen atoms in total. The summed E-state index contributed by atoms with van der Waals surface area (Å²) in [7, 11) is 0. The summed E-state index contributed by atoms with van der Waals surface area (Å²) in [5.74, 6) is -0.735. The van der Waals surface area contributed by atoms with Gasteiger partial charge in [-0.3, -0.25) is 4.79 Å². The smallest absolute Gasteiger partial charge is 0.257 e. The molecule has 1 aliphatic rings. The van der Waals surface area contributed by atoms with E-state index in [1.54, 1.807) is 12.3 Å². The first-order valence-electron chi connectivity index (χ1n) is 9.99. The molecule has 9 heteroatoms. The number of rotatable bonds is 6. The van der Waals surface area contributed by atoms with Gasteiger partial charge in [0.15, 0.2) is 5.65 Å². The molecule has 3 heterocycles. The van der Waals surface area contributed by atoms with Crippen LogP contribution in [0.4, 0.5) is 14.6 Å². The van der Waals surface area contributed by atoms with E-state index in [1.807, 2.05) is 11.8 Å². The zero-order valence-electron chi connectivity index (χ0n) is 16.6. The Balaban J connectivity index is 1.67. The van der Waals surface area contributed by atoms with Gasteiger partial charge in [-0.05, 0) is 43.5 Å². The van der Waals surface area contributed by atoms with E-state index in [2.05, 4.69) is 15.4 Å². The lowest BCUT2D eigenvalue weighted by Gasteiger charge is -2.26. The number of carbonyl (C=O) groups excluding carboxylic acids is 1. The van der Waals surface area contributed by atoms with Gasteiger partial charge in [0, 0.05) is 18.3 Å². The van der Waals surface area contributed by atoms with Gasteiger partial charge < -0.3 is 15.3 Å². The van der Waals surface area contributed by atoms with Crippen LogP contribution in [0.2, 0.25) is 0 Å². The first kappa shape index (κ1) is 20.2. The number of anilines is 1. The lowest BCUT2D eigenvalue weighted by atomic mass is 10.0. The molecule has 1 amide bonds. The number of hydrogen-bond acceptors (Lipinski definition) is 5. The van der Waals surface area contributed by atoms with Crippen molar-refractivity contribution in [3.05, 3.63) is 59.4 Å². The maximum Gasteiger partial charge on any atom is 0.257 e. The van der Waals surface area contributed by atoms with E-state index in [0.717, 1.165) is 18.6 Å². The van der Waals surface area contributed by atoms with Crippen LogP contribution in [0.3, 0.4) is 0 Å². The number of nitrogens with zero attached hydrogens (tertiary/aromatic N) is 4. The maximum atomic E-state index is 14.4. The Bertz CT molecular complexity index is 1070. The topological polar surface area (TPSA) is 82.8 Å². The highest BCUT2D eigenvalue weighted by Crippen LogP contribution is 2.36. The second-order valence-electron chi connectivity index (χ2n) is 7.39. The summed E-state index contributed by atoms with van der Waals surface area (Å²) in [6.07, 6.45) is 5.20. The van der Waals surface area contributed by atoms with Crippen LogP contribution in [0.25, 0.3) is 5.65 Å². The Morgan fingerprint density at radius 3 is 2.97 bits per heavy atom. The van der Waals surface area contributed by atoms with E-state index in [-0.39, 0.29) is 30.2 Å². The fraction of sp³-hybridized carbons (Fsp3) is 0.381. The molecule has 0 aliphatic carbocycles. The molecule has 0 saturated carbocycles. The quantitative estimate of drug-likeness (QED) is 0.647. The highest BCUT2D eigenvalue weighted by Gasteiger charge is 2.30. The molecule has 1 aromatic carbocycles. The van der Waals surface area contributed by atoms with E-state index >= 15 is 0 Å². The van der Waals surface area contributed by atoms with Crippen LogP contribution in [0.15, 0.2) is 36.7 Å². The molecular formula is C21H23F2N5O2. The van der Waals surface area contributed by atoms with Gasteiger partial charge in [0.2, 0.25) is 0 Å². The van der Waals surface area contributed by atoms with Crippen LogP contribution in [0.5, 0.6) is 0 Å². The monoisotopic (exact) mass is 415 g/mol. The molecule has 0 bridgehead atoms. The van der Waals surface area contributed by atoms with Crippen LogP contribution >= 0.6 is 0 Å². The number of hydrogen-bond donors (Lipinski definition) is 2. The summed E-state index contributed by atoms with van der Waals surface area (Å²) >= 11 is 0. The molecule has 30 heavy (non-hydrogen) atoms. The highest BCUT2D eigenvalue weighted by molar-refractivity contribution is 5.99. The molecule has 1 fully saturated rings. The van der Waals surface area contributed by atoms with Crippen LogP contribution in [0.1, 0.15) is 48.1 Å². The van der Waals surface area contributed by atoms with Crippen molar-refractivity contribution in [2.24, 2.45) is 0 Å². The van der Waals surface area contributed by atoms with Crippen LogP contribution in [0, 0.1) is 11.6 Å². The summed E-state index contributed by atoms with van der Waals surface area (Å²) in [6, 6.07) is 4.54. The zero-order valence-corrected chi connectivity index (χ0v) is 16.6. The van der Waals surface area contributed by atoms with Gasteiger partial charge in [-0.25, -0.2) is 18.3 Å². The molecule has 1 aliphatic heterocycles. The second-order valence-corrected chi connectivity index (χ2v) is 7.39. The van der Waals surface area contributed by atoms with E-state index < -0.39 is 11.6 Å². The minimum absolute atomic E-state index is 0.158. The lowest BCUT2D eigenvalue weighted by molar-refractivity contribution is 0.0916. The van der Waals surface area contributed by atoms with E-state index in [4.69, 9.17) is 0 Å². The Kier molecular flexibility index (Phi) is 5.63. The average Bonchev–Trinajstić information content (AvgIpc) is 3.40. The molecule has 158 valence electrons. The van der Waals surface area contributed by atoms with Crippen molar-refractivity contribution in [1.82, 2.24) is 19.9 Å². The normalized spacial score (nSPS) is 17.5. The van der Waals surface area contributed by atoms with Crippen molar-refractivity contribution in [2.75, 3.05) is 18.1 Å². The fourth-order valence-electron chi connectivity index (χ4n) is 3.85. The zero-order chi connectivity index (χ0) is 21.3. The minimum Gasteiger partial charge on any atom is -0.394 e. The van der Waals surface area contributed by atoms with Gasteiger partial charge in [0.25, 0.3) is 5.91 Å². The summed E-state index contributed by atoms with van der Waals surface area (Å²) in [4.78, 5) is 19.2. The average molecular weight is 415 g/mol. The Morgan fingerprint density at radius 1 is 1.37 bits per heavy atom. The number of benzene rings is 1. The van der Waals surface area contributed by atoms with Crippen LogP contribution in [-0.2, 0) is 0 Å². The largest absolute Gasteiger partial charge is 0.394 e. The van der Waals surface area contributed by atoms with Gasteiger partial charge in [0.05, 0.1) is 24.9 Å².